The van der Waals surface area contributed by atoms with Crippen LogP contribution < -0.4 is 15.8 Å². The molecule has 2 saturated heterocycles. The molecule has 0 amide bonds. The maximum atomic E-state index is 14.9. The van der Waals surface area contributed by atoms with Gasteiger partial charge < -0.3 is 14.7 Å². The monoisotopic (exact) mass is 417 g/mol. The zero-order chi connectivity index (χ0) is 20.8. The number of hydrogen-bond donors (Lipinski definition) is 3. The molecule has 10 heteroatoms. The van der Waals surface area contributed by atoms with Crippen LogP contribution in [-0.4, -0.2) is 69.5 Å². The topological polar surface area (TPSA) is 100 Å². The van der Waals surface area contributed by atoms with E-state index in [0.717, 1.165) is 23.5 Å². The molecule has 3 fully saturated rings. The first-order valence-electron chi connectivity index (χ1n) is 10.4. The summed E-state index contributed by atoms with van der Waals surface area (Å²) in [7, 11) is 3.46. The maximum Gasteiger partial charge on any atom is 0.132 e. The smallest absolute Gasteiger partial charge is 0.132 e. The number of anilines is 1. The Morgan fingerprint density at radius 3 is 2.83 bits per heavy atom. The number of nitrogens with one attached hydrogen (secondary N) is 2. The maximum absolute atomic E-state index is 14.9. The molecule has 162 valence electrons. The number of aryl methyl sites for hydroxylation is 1. The summed E-state index contributed by atoms with van der Waals surface area (Å²) in [5.41, 5.74) is 8.45. The first-order valence-corrected chi connectivity index (χ1v) is 10.4. The number of nitrogens with zero attached hydrogens (tertiary/aromatic N) is 5. The van der Waals surface area contributed by atoms with E-state index in [1.54, 1.807) is 24.3 Å². The minimum atomic E-state index is -0.901. The molecule has 0 bridgehead atoms. The van der Waals surface area contributed by atoms with Gasteiger partial charge in [-0.3, -0.25) is 10.1 Å². The van der Waals surface area contributed by atoms with Gasteiger partial charge in [0.1, 0.15) is 24.4 Å². The summed E-state index contributed by atoms with van der Waals surface area (Å²) in [6, 6.07) is 1.99. The number of fused-ring (bicyclic) bond motifs is 1. The highest BCUT2D eigenvalue weighted by Crippen LogP contribution is 2.45. The fourth-order valence-electron chi connectivity index (χ4n) is 5.17. The third-order valence-corrected chi connectivity index (χ3v) is 6.82. The zero-order valence-electron chi connectivity index (χ0n) is 17.1. The summed E-state index contributed by atoms with van der Waals surface area (Å²) in [4.78, 5) is 10.9. The van der Waals surface area contributed by atoms with Crippen LogP contribution in [0.4, 0.5) is 10.2 Å². The summed E-state index contributed by atoms with van der Waals surface area (Å²) in [5, 5.41) is 14.4. The van der Waals surface area contributed by atoms with Crippen LogP contribution in [0.5, 0.6) is 0 Å². The molecule has 0 radical (unpaired) electrons. The van der Waals surface area contributed by atoms with Crippen LogP contribution >= 0.6 is 0 Å². The molecule has 5 unspecified atom stereocenters. The highest BCUT2D eigenvalue weighted by atomic mass is 19.1. The van der Waals surface area contributed by atoms with Gasteiger partial charge in [0.05, 0.1) is 24.0 Å². The minimum absolute atomic E-state index is 0.0332. The van der Waals surface area contributed by atoms with E-state index in [0.29, 0.717) is 19.5 Å². The van der Waals surface area contributed by atoms with E-state index >= 15 is 0 Å². The van der Waals surface area contributed by atoms with Gasteiger partial charge in [-0.05, 0) is 24.3 Å². The van der Waals surface area contributed by atoms with Crippen molar-refractivity contribution in [2.45, 2.75) is 49.2 Å². The number of hydrazine groups is 1. The fraction of sp³-hybridized carbons (Fsp3) is 0.650. The Bertz CT molecular complexity index is 896. The lowest BCUT2D eigenvalue weighted by atomic mass is 9.72. The highest BCUT2D eigenvalue weighted by molar-refractivity contribution is 5.42. The van der Waals surface area contributed by atoms with Gasteiger partial charge in [-0.15, -0.1) is 0 Å². The molecule has 2 aromatic heterocycles. The minimum Gasteiger partial charge on any atom is -0.388 e. The average molecular weight is 417 g/mol. The van der Waals surface area contributed by atoms with E-state index in [1.807, 2.05) is 24.2 Å². The van der Waals surface area contributed by atoms with Gasteiger partial charge in [0.25, 0.3) is 0 Å². The molecule has 3 N–H and O–H groups in total. The molecule has 4 heterocycles. The number of methoxy groups -OCH3 is 1. The SMILES string of the molecule is CO[C@@H]1CN(c2cc(C3NNC4CC(F)C(c5cnn(C)c5)CC43)ncn2)C[C@H]1O. The summed E-state index contributed by atoms with van der Waals surface area (Å²) in [6.07, 6.45) is 4.76. The van der Waals surface area contributed by atoms with Crippen LogP contribution in [0, 0.1) is 5.92 Å². The molecule has 9 nitrogen and oxygen atoms in total. The van der Waals surface area contributed by atoms with Crippen LogP contribution in [0.1, 0.15) is 36.1 Å². The largest absolute Gasteiger partial charge is 0.388 e. The number of hydrogen-bond acceptors (Lipinski definition) is 8. The zero-order valence-corrected chi connectivity index (χ0v) is 17.1. The van der Waals surface area contributed by atoms with E-state index in [2.05, 4.69) is 25.9 Å². The van der Waals surface area contributed by atoms with Gasteiger partial charge in [0, 0.05) is 51.5 Å². The van der Waals surface area contributed by atoms with Crippen LogP contribution in [0.2, 0.25) is 0 Å². The number of rotatable bonds is 4. The number of β-amino-alcohol motifs (C(OH)–C–C–N with tert-alkyl or cyclic N) is 1. The number of ether oxygens (including phenoxy) is 1. The van der Waals surface area contributed by atoms with Gasteiger partial charge in [-0.25, -0.2) is 19.8 Å². The van der Waals surface area contributed by atoms with Gasteiger partial charge in [0.15, 0.2) is 0 Å². The van der Waals surface area contributed by atoms with Crippen LogP contribution in [0.25, 0.3) is 0 Å². The second-order valence-electron chi connectivity index (χ2n) is 8.63. The van der Waals surface area contributed by atoms with Gasteiger partial charge >= 0.3 is 0 Å². The molecule has 7 atom stereocenters. The molecule has 2 aliphatic heterocycles. The standard InChI is InChI=1S/C20H28FN7O2/c1-27-7-11(6-24-27)12-3-13-15(4-14(12)21)25-26-20(13)16-5-19(23-10-22-16)28-8-17(29)18(9-28)30-2/h5-7,10,12-15,17-18,20,25-26,29H,3-4,8-9H2,1-2H3/t12?,13?,14?,15?,17-,18-,20?/m1/s1. The van der Waals surface area contributed by atoms with Crippen LogP contribution in [0.15, 0.2) is 24.8 Å². The van der Waals surface area contributed by atoms with Gasteiger partial charge in [0.2, 0.25) is 0 Å². The first-order chi connectivity index (χ1) is 14.5. The number of aliphatic hydroxyl groups is 1. The summed E-state index contributed by atoms with van der Waals surface area (Å²) in [6.45, 7) is 1.06. The number of halogens is 1. The van der Waals surface area contributed by atoms with E-state index < -0.39 is 12.3 Å². The lowest BCUT2D eigenvalue weighted by Crippen LogP contribution is -2.39. The predicted molar refractivity (Wildman–Crippen MR) is 107 cm³/mol. The van der Waals surface area contributed by atoms with Crippen LogP contribution in [-0.2, 0) is 11.8 Å². The molecule has 0 aromatic carbocycles. The second-order valence-corrected chi connectivity index (χ2v) is 8.63. The predicted octanol–water partition coefficient (Wildman–Crippen LogP) is 0.455. The normalized spacial score (nSPS) is 36.3. The van der Waals surface area contributed by atoms with Crippen LogP contribution in [0.3, 0.4) is 0 Å². The Hall–Kier alpha value is -2.14. The Kier molecular flexibility index (Phi) is 5.18. The quantitative estimate of drug-likeness (QED) is 0.660. The third kappa shape index (κ3) is 3.47. The van der Waals surface area contributed by atoms with E-state index in [1.165, 1.54) is 0 Å². The van der Waals surface area contributed by atoms with Crippen molar-refractivity contribution in [1.29, 1.82) is 0 Å². The first kappa shape index (κ1) is 19.8. The number of alkyl halides is 1. The van der Waals surface area contributed by atoms with E-state index in [4.69, 9.17) is 4.74 Å². The molecule has 5 rings (SSSR count). The van der Waals surface area contributed by atoms with Crippen molar-refractivity contribution in [3.63, 3.8) is 0 Å². The molecule has 30 heavy (non-hydrogen) atoms. The average Bonchev–Trinajstić information content (AvgIpc) is 3.45. The second kappa shape index (κ2) is 7.84. The number of aliphatic hydroxyl groups excluding tert-OH is 1. The van der Waals surface area contributed by atoms with Crippen molar-refractivity contribution in [3.8, 4) is 0 Å². The number of aromatic nitrogens is 4. The molecule has 3 aliphatic rings. The summed E-state index contributed by atoms with van der Waals surface area (Å²) in [5.74, 6) is 0.814. The van der Waals surface area contributed by atoms with Crippen molar-refractivity contribution in [3.05, 3.63) is 36.0 Å². The van der Waals surface area contributed by atoms with Crippen molar-refractivity contribution in [2.24, 2.45) is 13.0 Å². The Morgan fingerprint density at radius 2 is 2.10 bits per heavy atom. The molecular formula is C20H28FN7O2. The lowest BCUT2D eigenvalue weighted by Gasteiger charge is -2.35. The van der Waals surface area contributed by atoms with E-state index in [-0.39, 0.29) is 30.0 Å². The van der Waals surface area contributed by atoms with Crippen molar-refractivity contribution < 1.29 is 14.2 Å². The Balaban J connectivity index is 1.36. The lowest BCUT2D eigenvalue weighted by molar-refractivity contribution is 0.0217. The fourth-order valence-corrected chi connectivity index (χ4v) is 5.17. The molecular weight excluding hydrogens is 389 g/mol. The Morgan fingerprint density at radius 1 is 1.23 bits per heavy atom. The summed E-state index contributed by atoms with van der Waals surface area (Å²) < 4.78 is 22.0. The highest BCUT2D eigenvalue weighted by Gasteiger charge is 2.46. The van der Waals surface area contributed by atoms with Crippen molar-refractivity contribution in [2.75, 3.05) is 25.1 Å². The van der Waals surface area contributed by atoms with Crippen molar-refractivity contribution >= 4 is 5.82 Å². The Labute approximate surface area is 174 Å². The van der Waals surface area contributed by atoms with Crippen molar-refractivity contribution in [1.82, 2.24) is 30.6 Å². The molecule has 2 aromatic rings. The molecule has 1 aliphatic carbocycles. The summed E-state index contributed by atoms with van der Waals surface area (Å²) >= 11 is 0. The van der Waals surface area contributed by atoms with Gasteiger partial charge in [-0.2, -0.15) is 5.10 Å². The van der Waals surface area contributed by atoms with Gasteiger partial charge in [-0.1, -0.05) is 0 Å². The molecule has 0 spiro atoms. The molecule has 1 saturated carbocycles. The van der Waals surface area contributed by atoms with E-state index in [9.17, 15) is 9.50 Å². The third-order valence-electron chi connectivity index (χ3n) is 6.82.